The number of ketones is 2. The minimum atomic E-state index is -0.229. The number of hydrogen-bond donors (Lipinski definition) is 1. The Morgan fingerprint density at radius 3 is 2.72 bits per heavy atom. The number of phenols is 1. The Kier molecular flexibility index (Phi) is 8.16. The molecule has 36 heavy (non-hydrogen) atoms. The largest absolute Gasteiger partial charge is 0.503 e. The fraction of sp³-hybridized carbons (Fsp3) is 0.300. The maximum atomic E-state index is 12.3. The molecule has 0 fully saturated rings. The molecule has 186 valence electrons. The van der Waals surface area contributed by atoms with Crippen LogP contribution in [0.4, 0.5) is 5.69 Å². The summed E-state index contributed by atoms with van der Waals surface area (Å²) in [5.41, 5.74) is 5.67. The van der Waals surface area contributed by atoms with Crippen LogP contribution < -0.4 is 9.64 Å². The van der Waals surface area contributed by atoms with Crippen molar-refractivity contribution in [1.82, 2.24) is 0 Å². The normalized spacial score (nSPS) is 14.5. The van der Waals surface area contributed by atoms with Crippen LogP contribution >= 0.6 is 0 Å². The summed E-state index contributed by atoms with van der Waals surface area (Å²) >= 11 is 0. The molecule has 0 bridgehead atoms. The zero-order chi connectivity index (χ0) is 25.5. The van der Waals surface area contributed by atoms with Gasteiger partial charge in [-0.3, -0.25) is 14.6 Å². The van der Waals surface area contributed by atoms with E-state index in [9.17, 15) is 14.7 Å². The molecule has 2 heterocycles. The third-order valence-corrected chi connectivity index (χ3v) is 6.40. The zero-order valence-electron chi connectivity index (χ0n) is 20.9. The van der Waals surface area contributed by atoms with Crippen LogP contribution in [0.2, 0.25) is 0 Å². The summed E-state index contributed by atoms with van der Waals surface area (Å²) in [6.07, 6.45) is 10.9. The number of methoxy groups -OCH3 is 1. The quantitative estimate of drug-likeness (QED) is 0.234. The lowest BCUT2D eigenvalue weighted by atomic mass is 10.0. The molecule has 2 aromatic rings. The van der Waals surface area contributed by atoms with Crippen LogP contribution in [0.25, 0.3) is 6.08 Å². The van der Waals surface area contributed by atoms with Crippen LogP contribution in [-0.4, -0.2) is 36.5 Å². The number of unbranched alkanes of at least 4 members (excludes halogenated alkanes) is 2. The Hall–Kier alpha value is -3.93. The van der Waals surface area contributed by atoms with Gasteiger partial charge in [0, 0.05) is 24.4 Å². The van der Waals surface area contributed by atoms with E-state index in [0.29, 0.717) is 30.0 Å². The first-order chi connectivity index (χ1) is 17.5. The number of rotatable bonds is 12. The Balaban J connectivity index is 1.50. The number of Topliss-reactive ketones (excluding diaryl/α,β-unsaturated/α-hetero) is 1. The van der Waals surface area contributed by atoms with E-state index in [4.69, 9.17) is 4.74 Å². The molecule has 0 amide bonds. The van der Waals surface area contributed by atoms with Crippen molar-refractivity contribution in [2.24, 2.45) is 4.99 Å². The zero-order valence-corrected chi connectivity index (χ0v) is 20.9. The summed E-state index contributed by atoms with van der Waals surface area (Å²) in [6, 6.07) is 13.7. The Labute approximate surface area is 212 Å². The van der Waals surface area contributed by atoms with Gasteiger partial charge in [-0.15, -0.1) is 0 Å². The number of nitrogens with zero attached hydrogens (tertiary/aromatic N) is 2. The lowest BCUT2D eigenvalue weighted by Crippen LogP contribution is -2.15. The number of aliphatic imine (C=N–C) groups is 1. The summed E-state index contributed by atoms with van der Waals surface area (Å²) < 4.78 is 5.39. The van der Waals surface area contributed by atoms with Crippen LogP contribution in [0, 0.1) is 0 Å². The van der Waals surface area contributed by atoms with Crippen LogP contribution in [0.15, 0.2) is 76.6 Å². The Bertz CT molecular complexity index is 1260. The number of benzene rings is 2. The molecular formula is C30H32N2O4. The topological polar surface area (TPSA) is 79.2 Å². The van der Waals surface area contributed by atoms with Gasteiger partial charge in [-0.2, -0.15) is 0 Å². The third kappa shape index (κ3) is 6.00. The molecule has 0 spiro atoms. The van der Waals surface area contributed by atoms with Gasteiger partial charge in [0.25, 0.3) is 0 Å². The molecule has 0 aliphatic carbocycles. The number of hydrogen-bond acceptors (Lipinski definition) is 6. The van der Waals surface area contributed by atoms with E-state index < -0.39 is 0 Å². The molecule has 6 heteroatoms. The lowest BCUT2D eigenvalue weighted by molar-refractivity contribution is -0.124. The predicted molar refractivity (Wildman–Crippen MR) is 144 cm³/mol. The molecule has 6 nitrogen and oxygen atoms in total. The van der Waals surface area contributed by atoms with Gasteiger partial charge in [-0.25, -0.2) is 0 Å². The molecule has 1 N–H and O–H groups in total. The molecule has 0 unspecified atom stereocenters. The highest BCUT2D eigenvalue weighted by Gasteiger charge is 2.27. The number of carbonyl (C=O) groups is 2. The lowest BCUT2D eigenvalue weighted by Gasteiger charge is -2.20. The standard InChI is InChI=1S/C30H32N2O4/c1-3-4-6-11-24(33)17-25(34)13-12-22-15-28(30(35)29(16-22)36-2)32-19-26-23(18-31-27(26)20-32)14-21-9-7-5-8-10-21/h5,7-10,12-13,15-16,18,20,35H,3-4,6,11,14,17,19H2,1-2H3. The van der Waals surface area contributed by atoms with Gasteiger partial charge in [-0.1, -0.05) is 56.2 Å². The second kappa shape index (κ2) is 11.7. The molecule has 0 saturated carbocycles. The second-order valence-electron chi connectivity index (χ2n) is 9.13. The number of phenolic OH excluding ortho intramolecular Hbond substituents is 1. The molecule has 0 radical (unpaired) electrons. The van der Waals surface area contributed by atoms with Crippen LogP contribution in [-0.2, 0) is 16.0 Å². The number of carbonyl (C=O) groups excluding carboxylic acids is 2. The van der Waals surface area contributed by atoms with Crippen molar-refractivity contribution >= 4 is 29.5 Å². The van der Waals surface area contributed by atoms with E-state index in [-0.39, 0.29) is 23.7 Å². The highest BCUT2D eigenvalue weighted by molar-refractivity contribution is 6.06. The number of allylic oxidation sites excluding steroid dienone is 2. The van der Waals surface area contributed by atoms with E-state index in [1.165, 1.54) is 18.7 Å². The van der Waals surface area contributed by atoms with E-state index in [2.05, 4.69) is 24.0 Å². The monoisotopic (exact) mass is 484 g/mol. The molecule has 2 aliphatic rings. The number of anilines is 1. The van der Waals surface area contributed by atoms with Crippen LogP contribution in [0.5, 0.6) is 11.5 Å². The number of ether oxygens (including phenoxy) is 1. The van der Waals surface area contributed by atoms with Gasteiger partial charge >= 0.3 is 0 Å². The van der Waals surface area contributed by atoms with E-state index in [1.54, 1.807) is 12.1 Å². The van der Waals surface area contributed by atoms with Crippen molar-refractivity contribution < 1.29 is 19.4 Å². The maximum absolute atomic E-state index is 12.3. The highest BCUT2D eigenvalue weighted by atomic mass is 16.5. The fourth-order valence-corrected chi connectivity index (χ4v) is 4.44. The average Bonchev–Trinajstić information content (AvgIpc) is 3.46. The smallest absolute Gasteiger partial charge is 0.182 e. The van der Waals surface area contributed by atoms with Crippen molar-refractivity contribution in [3.63, 3.8) is 0 Å². The summed E-state index contributed by atoms with van der Waals surface area (Å²) in [5, 5.41) is 10.9. The minimum Gasteiger partial charge on any atom is -0.503 e. The first-order valence-electron chi connectivity index (χ1n) is 12.4. The third-order valence-electron chi connectivity index (χ3n) is 6.40. The van der Waals surface area contributed by atoms with E-state index in [0.717, 1.165) is 42.5 Å². The van der Waals surface area contributed by atoms with Gasteiger partial charge in [0.15, 0.2) is 17.3 Å². The minimum absolute atomic E-state index is 0.0260. The van der Waals surface area contributed by atoms with Gasteiger partial charge in [0.05, 0.1) is 31.5 Å². The summed E-state index contributed by atoms with van der Waals surface area (Å²) in [5.74, 6) is 0.0798. The molecule has 0 saturated heterocycles. The van der Waals surface area contributed by atoms with Crippen molar-refractivity contribution in [2.45, 2.75) is 45.4 Å². The van der Waals surface area contributed by atoms with E-state index >= 15 is 0 Å². The fourth-order valence-electron chi connectivity index (χ4n) is 4.44. The first-order valence-corrected chi connectivity index (χ1v) is 12.4. The highest BCUT2D eigenvalue weighted by Crippen LogP contribution is 2.42. The molecule has 2 aliphatic heterocycles. The maximum Gasteiger partial charge on any atom is 0.182 e. The Morgan fingerprint density at radius 1 is 1.17 bits per heavy atom. The van der Waals surface area contributed by atoms with E-state index in [1.807, 2.05) is 41.6 Å². The van der Waals surface area contributed by atoms with Crippen molar-refractivity contribution in [2.75, 3.05) is 18.6 Å². The average molecular weight is 485 g/mol. The number of aromatic hydroxyl groups is 1. The van der Waals surface area contributed by atoms with Gasteiger partial charge in [0.1, 0.15) is 5.78 Å². The molecule has 2 aromatic carbocycles. The molecule has 0 aromatic heterocycles. The van der Waals surface area contributed by atoms with Gasteiger partial charge in [-0.05, 0) is 47.8 Å². The number of fused-ring (bicyclic) bond motifs is 1. The summed E-state index contributed by atoms with van der Waals surface area (Å²) in [7, 11) is 1.49. The first kappa shape index (κ1) is 25.2. The molecule has 0 atom stereocenters. The molecule has 4 rings (SSSR count). The van der Waals surface area contributed by atoms with Crippen molar-refractivity contribution in [3.05, 3.63) is 82.7 Å². The Morgan fingerprint density at radius 2 is 1.97 bits per heavy atom. The van der Waals surface area contributed by atoms with Gasteiger partial charge < -0.3 is 14.7 Å². The summed E-state index contributed by atoms with van der Waals surface area (Å²) in [6.45, 7) is 2.66. The second-order valence-corrected chi connectivity index (χ2v) is 9.13. The predicted octanol–water partition coefficient (Wildman–Crippen LogP) is 5.81. The van der Waals surface area contributed by atoms with Crippen molar-refractivity contribution in [1.29, 1.82) is 0 Å². The van der Waals surface area contributed by atoms with Crippen LogP contribution in [0.3, 0.4) is 0 Å². The molecular weight excluding hydrogens is 452 g/mol. The van der Waals surface area contributed by atoms with Crippen molar-refractivity contribution in [3.8, 4) is 11.5 Å². The summed E-state index contributed by atoms with van der Waals surface area (Å²) in [4.78, 5) is 30.8. The van der Waals surface area contributed by atoms with Gasteiger partial charge in [0.2, 0.25) is 0 Å². The SMILES string of the molecule is CCCCCC(=O)CC(=O)C=Cc1cc(OC)c(O)c(N2C=C3N=CC(Cc4ccccc4)=C3C2)c1. The van der Waals surface area contributed by atoms with Crippen LogP contribution in [0.1, 0.15) is 50.2 Å².